The van der Waals surface area contributed by atoms with E-state index in [0.29, 0.717) is 5.02 Å². The lowest BCUT2D eigenvalue weighted by molar-refractivity contribution is -0.121. The smallest absolute Gasteiger partial charge is 0.228 e. The minimum atomic E-state index is -0.224. The number of halogens is 2. The number of rotatable bonds is 4. The summed E-state index contributed by atoms with van der Waals surface area (Å²) in [5, 5.41) is 3.61. The lowest BCUT2D eigenvalue weighted by Crippen LogP contribution is -2.40. The van der Waals surface area contributed by atoms with Crippen LogP contribution in [-0.2, 0) is 11.3 Å². The van der Waals surface area contributed by atoms with Gasteiger partial charge in [0.05, 0.1) is 5.92 Å². The van der Waals surface area contributed by atoms with Crippen molar-refractivity contribution in [3.05, 3.63) is 64.9 Å². The van der Waals surface area contributed by atoms with E-state index in [-0.39, 0.29) is 17.6 Å². The molecule has 1 fully saturated rings. The van der Waals surface area contributed by atoms with Crippen LogP contribution in [0.5, 0.6) is 0 Å². The first kappa shape index (κ1) is 16.9. The van der Waals surface area contributed by atoms with Crippen molar-refractivity contribution in [1.82, 2.24) is 4.90 Å². The van der Waals surface area contributed by atoms with Crippen molar-refractivity contribution < 1.29 is 9.18 Å². The molecule has 0 aromatic heterocycles. The van der Waals surface area contributed by atoms with E-state index in [0.717, 1.165) is 43.7 Å². The Labute approximate surface area is 146 Å². The fourth-order valence-electron chi connectivity index (χ4n) is 3.04. The molecule has 1 aliphatic heterocycles. The molecule has 1 atom stereocenters. The molecule has 0 bridgehead atoms. The highest BCUT2D eigenvalue weighted by Gasteiger charge is 2.25. The third kappa shape index (κ3) is 4.56. The summed E-state index contributed by atoms with van der Waals surface area (Å²) in [6.45, 7) is 2.42. The Balaban J connectivity index is 1.57. The third-order valence-corrected chi connectivity index (χ3v) is 4.56. The SMILES string of the molecule is O=C(Nc1ccc(Cl)cc1)C1CCCN(Cc2ccc(F)cc2)C1. The average molecular weight is 347 g/mol. The lowest BCUT2D eigenvalue weighted by Gasteiger charge is -2.32. The molecule has 0 radical (unpaired) electrons. The molecule has 0 saturated carbocycles. The number of hydrogen-bond donors (Lipinski definition) is 1. The molecule has 2 aromatic carbocycles. The first-order valence-electron chi connectivity index (χ1n) is 8.13. The zero-order valence-corrected chi connectivity index (χ0v) is 14.1. The van der Waals surface area contributed by atoms with Crippen molar-refractivity contribution >= 4 is 23.2 Å². The zero-order valence-electron chi connectivity index (χ0n) is 13.3. The van der Waals surface area contributed by atoms with Crippen molar-refractivity contribution in [3.8, 4) is 0 Å². The molecule has 0 aliphatic carbocycles. The van der Waals surface area contributed by atoms with Crippen LogP contribution in [0.4, 0.5) is 10.1 Å². The maximum absolute atomic E-state index is 13.0. The molecule has 1 aliphatic rings. The fourth-order valence-corrected chi connectivity index (χ4v) is 3.16. The van der Waals surface area contributed by atoms with Gasteiger partial charge in [-0.15, -0.1) is 0 Å². The number of nitrogens with zero attached hydrogens (tertiary/aromatic N) is 1. The summed E-state index contributed by atoms with van der Waals surface area (Å²) in [5.74, 6) is -0.214. The molecule has 5 heteroatoms. The van der Waals surface area contributed by atoms with Gasteiger partial charge in [0.25, 0.3) is 0 Å². The van der Waals surface area contributed by atoms with E-state index in [1.807, 2.05) is 0 Å². The molecule has 1 N–H and O–H groups in total. The Morgan fingerprint density at radius 1 is 1.17 bits per heavy atom. The van der Waals surface area contributed by atoms with Gasteiger partial charge in [-0.3, -0.25) is 9.69 Å². The molecule has 0 spiro atoms. The summed E-state index contributed by atoms with van der Waals surface area (Å²) in [5.41, 5.74) is 1.83. The van der Waals surface area contributed by atoms with Gasteiger partial charge in [0.15, 0.2) is 0 Å². The van der Waals surface area contributed by atoms with Gasteiger partial charge in [-0.05, 0) is 61.3 Å². The second kappa shape index (κ2) is 7.77. The highest BCUT2D eigenvalue weighted by molar-refractivity contribution is 6.30. The number of likely N-dealkylation sites (tertiary alicyclic amines) is 1. The van der Waals surface area contributed by atoms with Crippen LogP contribution in [0.1, 0.15) is 18.4 Å². The lowest BCUT2D eigenvalue weighted by atomic mass is 9.96. The van der Waals surface area contributed by atoms with E-state index >= 15 is 0 Å². The van der Waals surface area contributed by atoms with Gasteiger partial charge in [0, 0.05) is 23.8 Å². The van der Waals surface area contributed by atoms with E-state index in [4.69, 9.17) is 11.6 Å². The van der Waals surface area contributed by atoms with Crippen LogP contribution >= 0.6 is 11.6 Å². The van der Waals surface area contributed by atoms with Gasteiger partial charge < -0.3 is 5.32 Å². The topological polar surface area (TPSA) is 32.3 Å². The van der Waals surface area contributed by atoms with Crippen molar-refractivity contribution in [3.63, 3.8) is 0 Å². The van der Waals surface area contributed by atoms with Crippen molar-refractivity contribution in [2.45, 2.75) is 19.4 Å². The molecule has 3 nitrogen and oxygen atoms in total. The van der Waals surface area contributed by atoms with E-state index in [9.17, 15) is 9.18 Å². The summed E-state index contributed by atoms with van der Waals surface area (Å²) in [6.07, 6.45) is 1.87. The number of benzene rings is 2. The largest absolute Gasteiger partial charge is 0.326 e. The molecule has 24 heavy (non-hydrogen) atoms. The number of piperidine rings is 1. The van der Waals surface area contributed by atoms with Crippen molar-refractivity contribution in [2.75, 3.05) is 18.4 Å². The number of nitrogens with one attached hydrogen (secondary N) is 1. The van der Waals surface area contributed by atoms with Crippen LogP contribution in [0.15, 0.2) is 48.5 Å². The minimum absolute atomic E-state index is 0.0325. The third-order valence-electron chi connectivity index (χ3n) is 4.31. The van der Waals surface area contributed by atoms with E-state index in [1.54, 1.807) is 36.4 Å². The van der Waals surface area contributed by atoms with Crippen molar-refractivity contribution in [1.29, 1.82) is 0 Å². The number of carbonyl (C=O) groups excluding carboxylic acids is 1. The van der Waals surface area contributed by atoms with Crippen LogP contribution in [0.3, 0.4) is 0 Å². The predicted molar refractivity (Wildman–Crippen MR) is 94.5 cm³/mol. The highest BCUT2D eigenvalue weighted by atomic mass is 35.5. The molecular formula is C19H20ClFN2O. The number of amides is 1. The zero-order chi connectivity index (χ0) is 16.9. The summed E-state index contributed by atoms with van der Waals surface area (Å²) >= 11 is 5.86. The van der Waals surface area contributed by atoms with Gasteiger partial charge in [0.1, 0.15) is 5.82 Å². The number of anilines is 1. The Hall–Kier alpha value is -1.91. The second-order valence-corrected chi connectivity index (χ2v) is 6.63. The molecular weight excluding hydrogens is 327 g/mol. The van der Waals surface area contributed by atoms with Crippen LogP contribution in [-0.4, -0.2) is 23.9 Å². The fraction of sp³-hybridized carbons (Fsp3) is 0.316. The molecule has 1 heterocycles. The van der Waals surface area contributed by atoms with Gasteiger partial charge in [-0.1, -0.05) is 23.7 Å². The predicted octanol–water partition coefficient (Wildman–Crippen LogP) is 4.33. The normalized spacial score (nSPS) is 18.3. The first-order valence-corrected chi connectivity index (χ1v) is 8.51. The van der Waals surface area contributed by atoms with Gasteiger partial charge in [-0.25, -0.2) is 4.39 Å². The van der Waals surface area contributed by atoms with Crippen LogP contribution < -0.4 is 5.32 Å². The quantitative estimate of drug-likeness (QED) is 0.893. The van der Waals surface area contributed by atoms with E-state index in [2.05, 4.69) is 10.2 Å². The van der Waals surface area contributed by atoms with Crippen LogP contribution in [0.25, 0.3) is 0 Å². The average Bonchev–Trinajstić information content (AvgIpc) is 2.59. The Kier molecular flexibility index (Phi) is 5.48. The Morgan fingerprint density at radius 2 is 1.88 bits per heavy atom. The van der Waals surface area contributed by atoms with E-state index < -0.39 is 0 Å². The van der Waals surface area contributed by atoms with Gasteiger partial charge in [-0.2, -0.15) is 0 Å². The summed E-state index contributed by atoms with van der Waals surface area (Å²) in [4.78, 5) is 14.7. The molecule has 1 unspecified atom stereocenters. The van der Waals surface area contributed by atoms with Crippen LogP contribution in [0, 0.1) is 11.7 Å². The summed E-state index contributed by atoms with van der Waals surface area (Å²) in [7, 11) is 0. The van der Waals surface area contributed by atoms with Gasteiger partial charge >= 0.3 is 0 Å². The van der Waals surface area contributed by atoms with E-state index in [1.165, 1.54) is 12.1 Å². The van der Waals surface area contributed by atoms with Crippen LogP contribution in [0.2, 0.25) is 5.02 Å². The maximum atomic E-state index is 13.0. The number of carbonyl (C=O) groups is 1. The molecule has 1 amide bonds. The Morgan fingerprint density at radius 3 is 2.58 bits per heavy atom. The Bertz CT molecular complexity index is 688. The van der Waals surface area contributed by atoms with Crippen molar-refractivity contribution in [2.24, 2.45) is 5.92 Å². The monoisotopic (exact) mass is 346 g/mol. The second-order valence-electron chi connectivity index (χ2n) is 6.20. The molecule has 126 valence electrons. The summed E-state index contributed by atoms with van der Waals surface area (Å²) < 4.78 is 13.0. The molecule has 1 saturated heterocycles. The first-order chi connectivity index (χ1) is 11.6. The van der Waals surface area contributed by atoms with Gasteiger partial charge in [0.2, 0.25) is 5.91 Å². The molecule has 2 aromatic rings. The maximum Gasteiger partial charge on any atom is 0.228 e. The minimum Gasteiger partial charge on any atom is -0.326 e. The standard InChI is InChI=1S/C19H20ClFN2O/c20-16-5-9-18(10-6-16)22-19(24)15-2-1-11-23(13-15)12-14-3-7-17(21)8-4-14/h3-10,15H,1-2,11-13H2,(H,22,24). The number of hydrogen-bond acceptors (Lipinski definition) is 2. The summed E-state index contributed by atoms with van der Waals surface area (Å²) in [6, 6.07) is 13.7. The highest BCUT2D eigenvalue weighted by Crippen LogP contribution is 2.21. The molecule has 3 rings (SSSR count).